The van der Waals surface area contributed by atoms with Gasteiger partial charge in [-0.1, -0.05) is 6.92 Å². The van der Waals surface area contributed by atoms with Crippen molar-refractivity contribution in [2.45, 2.75) is 48.7 Å². The number of carboxylic acid groups (broad SMARTS) is 1. The molecule has 2 saturated heterocycles. The molecule has 0 aliphatic carbocycles. The average Bonchev–Trinajstić information content (AvgIpc) is 2.75. The van der Waals surface area contributed by atoms with Gasteiger partial charge in [0.2, 0.25) is 0 Å². The summed E-state index contributed by atoms with van der Waals surface area (Å²) in [4.78, 5) is 10.7. The van der Waals surface area contributed by atoms with Crippen LogP contribution in [0.1, 0.15) is 32.6 Å². The first kappa shape index (κ1) is 14.0. The normalized spacial score (nSPS) is 35.5. The van der Waals surface area contributed by atoms with Crippen LogP contribution in [-0.4, -0.2) is 51.2 Å². The molecule has 4 atom stereocenters. The van der Waals surface area contributed by atoms with Crippen LogP contribution >= 0.6 is 0 Å². The summed E-state index contributed by atoms with van der Waals surface area (Å²) in [6.45, 7) is 3.62. The number of carbonyl (C=O) groups is 1. The molecule has 0 aromatic heterocycles. The minimum Gasteiger partial charge on any atom is -0.481 e. The molecule has 1 spiro atoms. The van der Waals surface area contributed by atoms with Gasteiger partial charge in [0.1, 0.15) is 0 Å². The van der Waals surface area contributed by atoms with E-state index >= 15 is 0 Å². The smallest absolute Gasteiger partial charge is 0.304 e. The lowest BCUT2D eigenvalue weighted by Crippen LogP contribution is -2.45. The Bertz CT molecular complexity index is 337. The maximum atomic E-state index is 12.3. The highest BCUT2D eigenvalue weighted by molar-refractivity contribution is 7.86. The number of carboxylic acids is 1. The van der Waals surface area contributed by atoms with E-state index in [4.69, 9.17) is 14.6 Å². The zero-order chi connectivity index (χ0) is 13.2. The summed E-state index contributed by atoms with van der Waals surface area (Å²) < 4.78 is 23.5. The van der Waals surface area contributed by atoms with Gasteiger partial charge < -0.3 is 14.6 Å². The number of hydrogen-bond donors (Lipinski definition) is 1. The highest BCUT2D eigenvalue weighted by atomic mass is 32.2. The molecule has 5 nitrogen and oxygen atoms in total. The third kappa shape index (κ3) is 3.10. The number of hydrogen-bond acceptors (Lipinski definition) is 4. The fraction of sp³-hybridized carbons (Fsp3) is 0.917. The first-order valence-electron chi connectivity index (χ1n) is 6.35. The Morgan fingerprint density at radius 3 is 2.94 bits per heavy atom. The van der Waals surface area contributed by atoms with Gasteiger partial charge in [0.15, 0.2) is 0 Å². The second-order valence-corrected chi connectivity index (χ2v) is 7.31. The van der Waals surface area contributed by atoms with Gasteiger partial charge >= 0.3 is 5.97 Å². The average molecular weight is 276 g/mol. The third-order valence-electron chi connectivity index (χ3n) is 3.70. The molecule has 18 heavy (non-hydrogen) atoms. The van der Waals surface area contributed by atoms with Crippen LogP contribution in [0.5, 0.6) is 0 Å². The first-order chi connectivity index (χ1) is 8.52. The molecule has 0 aromatic rings. The maximum Gasteiger partial charge on any atom is 0.304 e. The van der Waals surface area contributed by atoms with Crippen LogP contribution in [0.25, 0.3) is 0 Å². The van der Waals surface area contributed by atoms with Crippen LogP contribution in [0.15, 0.2) is 0 Å². The lowest BCUT2D eigenvalue weighted by Gasteiger charge is -2.37. The Morgan fingerprint density at radius 1 is 1.56 bits per heavy atom. The fourth-order valence-electron chi connectivity index (χ4n) is 2.70. The van der Waals surface area contributed by atoms with E-state index in [9.17, 15) is 9.00 Å². The fourth-order valence-corrected chi connectivity index (χ4v) is 4.46. The van der Waals surface area contributed by atoms with Gasteiger partial charge in [0.05, 0.1) is 18.6 Å². The molecule has 2 heterocycles. The van der Waals surface area contributed by atoms with Gasteiger partial charge in [-0.05, 0) is 12.8 Å². The van der Waals surface area contributed by atoms with Crippen LogP contribution in [0.2, 0.25) is 0 Å². The van der Waals surface area contributed by atoms with E-state index in [1.54, 1.807) is 6.92 Å². The van der Waals surface area contributed by atoms with E-state index in [1.165, 1.54) is 0 Å². The Balaban J connectivity index is 1.95. The van der Waals surface area contributed by atoms with Crippen molar-refractivity contribution in [3.05, 3.63) is 0 Å². The van der Waals surface area contributed by atoms with E-state index in [0.717, 1.165) is 19.3 Å². The molecule has 0 amide bonds. The minimum absolute atomic E-state index is 0.0343. The van der Waals surface area contributed by atoms with Crippen molar-refractivity contribution < 1.29 is 23.6 Å². The van der Waals surface area contributed by atoms with Crippen molar-refractivity contribution in [3.63, 3.8) is 0 Å². The van der Waals surface area contributed by atoms with Gasteiger partial charge in [-0.25, -0.2) is 0 Å². The van der Waals surface area contributed by atoms with Crippen molar-refractivity contribution in [1.29, 1.82) is 0 Å². The molecule has 0 aromatic carbocycles. The van der Waals surface area contributed by atoms with Crippen LogP contribution in [0.4, 0.5) is 0 Å². The number of rotatable bonds is 4. The summed E-state index contributed by atoms with van der Waals surface area (Å²) in [5.41, 5.74) is -0.262. The summed E-state index contributed by atoms with van der Waals surface area (Å²) in [6, 6.07) is 0. The summed E-state index contributed by atoms with van der Waals surface area (Å²) in [5, 5.41) is 8.49. The zero-order valence-electron chi connectivity index (χ0n) is 10.6. The predicted molar refractivity (Wildman–Crippen MR) is 67.0 cm³/mol. The summed E-state index contributed by atoms with van der Waals surface area (Å²) in [5.74, 6) is -0.887. The molecule has 2 aliphatic heterocycles. The SMILES string of the molecule is CC(CC(=O)O)S(=O)C1CCOC2(CCOC2)C1. The quantitative estimate of drug-likeness (QED) is 0.827. The molecule has 104 valence electrons. The van der Waals surface area contributed by atoms with Crippen LogP contribution in [0.3, 0.4) is 0 Å². The van der Waals surface area contributed by atoms with Crippen LogP contribution in [0, 0.1) is 0 Å². The van der Waals surface area contributed by atoms with Gasteiger partial charge in [-0.3, -0.25) is 9.00 Å². The number of aliphatic carboxylic acids is 1. The Kier molecular flexibility index (Phi) is 4.40. The topological polar surface area (TPSA) is 72.8 Å². The first-order valence-corrected chi connectivity index (χ1v) is 7.63. The maximum absolute atomic E-state index is 12.3. The highest BCUT2D eigenvalue weighted by Gasteiger charge is 2.43. The van der Waals surface area contributed by atoms with Crippen molar-refractivity contribution in [2.24, 2.45) is 0 Å². The highest BCUT2D eigenvalue weighted by Crippen LogP contribution is 2.35. The molecular weight excluding hydrogens is 256 g/mol. The predicted octanol–water partition coefficient (Wildman–Crippen LogP) is 0.936. The summed E-state index contributed by atoms with van der Waals surface area (Å²) >= 11 is 0. The lowest BCUT2D eigenvalue weighted by molar-refractivity contribution is -0.136. The lowest BCUT2D eigenvalue weighted by atomic mass is 9.93. The molecule has 6 heteroatoms. The van der Waals surface area contributed by atoms with E-state index in [-0.39, 0.29) is 22.5 Å². The molecule has 0 bridgehead atoms. The van der Waals surface area contributed by atoms with Gasteiger partial charge in [-0.2, -0.15) is 0 Å². The summed E-state index contributed by atoms with van der Waals surface area (Å²) in [7, 11) is -1.11. The Morgan fingerprint density at radius 2 is 2.33 bits per heavy atom. The second kappa shape index (κ2) is 5.67. The number of ether oxygens (including phenoxy) is 2. The molecule has 2 rings (SSSR count). The van der Waals surface area contributed by atoms with Crippen LogP contribution in [-0.2, 0) is 25.1 Å². The second-order valence-electron chi connectivity index (χ2n) is 5.19. The zero-order valence-corrected chi connectivity index (χ0v) is 11.4. The monoisotopic (exact) mass is 276 g/mol. The van der Waals surface area contributed by atoms with Crippen molar-refractivity contribution in [1.82, 2.24) is 0 Å². The summed E-state index contributed by atoms with van der Waals surface area (Å²) in [6.07, 6.45) is 2.30. The van der Waals surface area contributed by atoms with Crippen molar-refractivity contribution in [3.8, 4) is 0 Å². The molecule has 4 unspecified atom stereocenters. The van der Waals surface area contributed by atoms with Crippen LogP contribution < -0.4 is 0 Å². The van der Waals surface area contributed by atoms with E-state index in [1.807, 2.05) is 0 Å². The van der Waals surface area contributed by atoms with Crippen molar-refractivity contribution in [2.75, 3.05) is 19.8 Å². The molecule has 1 N–H and O–H groups in total. The molecule has 0 saturated carbocycles. The Labute approximate surface area is 109 Å². The van der Waals surface area contributed by atoms with Crippen molar-refractivity contribution >= 4 is 16.8 Å². The standard InChI is InChI=1S/C12H20O5S/c1-9(6-11(13)14)18(15)10-2-4-17-12(7-10)3-5-16-8-12/h9-10H,2-8H2,1H3,(H,13,14). The molecule has 2 fully saturated rings. The molecular formula is C12H20O5S. The van der Waals surface area contributed by atoms with E-state index in [2.05, 4.69) is 0 Å². The molecule has 2 aliphatic rings. The van der Waals surface area contributed by atoms with Gasteiger partial charge in [-0.15, -0.1) is 0 Å². The van der Waals surface area contributed by atoms with E-state index < -0.39 is 16.8 Å². The van der Waals surface area contributed by atoms with Gasteiger partial charge in [0.25, 0.3) is 0 Å². The van der Waals surface area contributed by atoms with Gasteiger partial charge in [0, 0.05) is 40.9 Å². The van der Waals surface area contributed by atoms with E-state index in [0.29, 0.717) is 19.8 Å². The minimum atomic E-state index is -1.11. The molecule has 0 radical (unpaired) electrons. The third-order valence-corrected chi connectivity index (χ3v) is 5.72. The Hall–Kier alpha value is -0.460. The largest absolute Gasteiger partial charge is 0.481 e.